The molecule has 29 heavy (non-hydrogen) atoms. The van der Waals surface area contributed by atoms with E-state index in [4.69, 9.17) is 4.74 Å². The van der Waals surface area contributed by atoms with Crippen LogP contribution >= 0.6 is 0 Å². The SMILES string of the molecule is CCN(c1ccccc1)S(=O)(=O)c1ccc(NC(=O)c2cccnc2OC)cc1. The fraction of sp³-hybridized carbons (Fsp3) is 0.143. The van der Waals surface area contributed by atoms with E-state index < -0.39 is 15.9 Å². The standard InChI is InChI=1S/C21H21N3O4S/c1-3-24(17-8-5-4-6-9-17)29(26,27)18-13-11-16(12-14-18)23-20(25)19-10-7-15-22-21(19)28-2/h4-15H,3H2,1-2H3,(H,23,25). The number of para-hydroxylation sites is 1. The Labute approximate surface area is 170 Å². The number of nitrogens with one attached hydrogen (secondary N) is 1. The molecule has 0 bridgehead atoms. The molecule has 0 fully saturated rings. The minimum absolute atomic E-state index is 0.139. The van der Waals surface area contributed by atoms with Gasteiger partial charge in [-0.15, -0.1) is 0 Å². The molecule has 7 nitrogen and oxygen atoms in total. The molecule has 0 atom stereocenters. The summed E-state index contributed by atoms with van der Waals surface area (Å²) in [7, 11) is -2.29. The number of carbonyl (C=O) groups is 1. The molecular weight excluding hydrogens is 390 g/mol. The summed E-state index contributed by atoms with van der Waals surface area (Å²) in [5.74, 6) is -0.185. The third kappa shape index (κ3) is 4.38. The molecule has 8 heteroatoms. The van der Waals surface area contributed by atoms with Crippen molar-refractivity contribution < 1.29 is 17.9 Å². The molecule has 3 rings (SSSR count). The normalized spacial score (nSPS) is 11.0. The summed E-state index contributed by atoms with van der Waals surface area (Å²) in [5.41, 5.74) is 1.34. The quantitative estimate of drug-likeness (QED) is 0.642. The number of hydrogen-bond donors (Lipinski definition) is 1. The molecule has 3 aromatic rings. The first-order valence-electron chi connectivity index (χ1n) is 8.95. The number of pyridine rings is 1. The molecular formula is C21H21N3O4S. The Hall–Kier alpha value is -3.39. The number of anilines is 2. The summed E-state index contributed by atoms with van der Waals surface area (Å²) >= 11 is 0. The van der Waals surface area contributed by atoms with E-state index in [2.05, 4.69) is 10.3 Å². The number of nitrogens with zero attached hydrogens (tertiary/aromatic N) is 2. The van der Waals surface area contributed by atoms with Crippen LogP contribution in [-0.4, -0.2) is 33.0 Å². The van der Waals surface area contributed by atoms with Gasteiger partial charge in [0.15, 0.2) is 0 Å². The van der Waals surface area contributed by atoms with Crippen molar-refractivity contribution in [1.29, 1.82) is 0 Å². The molecule has 1 amide bonds. The third-order valence-electron chi connectivity index (χ3n) is 4.24. The lowest BCUT2D eigenvalue weighted by Crippen LogP contribution is -2.30. The molecule has 150 valence electrons. The van der Waals surface area contributed by atoms with Crippen molar-refractivity contribution in [3.8, 4) is 5.88 Å². The molecule has 0 saturated carbocycles. The minimum atomic E-state index is -3.72. The lowest BCUT2D eigenvalue weighted by molar-refractivity contribution is 0.102. The topological polar surface area (TPSA) is 88.6 Å². The number of aromatic nitrogens is 1. The van der Waals surface area contributed by atoms with Gasteiger partial charge in [0.1, 0.15) is 5.56 Å². The molecule has 2 aromatic carbocycles. The van der Waals surface area contributed by atoms with Crippen molar-refractivity contribution in [2.75, 3.05) is 23.3 Å². The van der Waals surface area contributed by atoms with Crippen LogP contribution in [0.5, 0.6) is 5.88 Å². The number of carbonyl (C=O) groups excluding carboxylic acids is 1. The maximum Gasteiger partial charge on any atom is 0.264 e. The van der Waals surface area contributed by atoms with E-state index in [1.807, 2.05) is 6.07 Å². The van der Waals surface area contributed by atoms with Crippen LogP contribution in [0.15, 0.2) is 77.8 Å². The number of amides is 1. The van der Waals surface area contributed by atoms with Crippen molar-refractivity contribution >= 4 is 27.3 Å². The third-order valence-corrected chi connectivity index (χ3v) is 6.16. The minimum Gasteiger partial charge on any atom is -0.480 e. The van der Waals surface area contributed by atoms with E-state index in [0.717, 1.165) is 0 Å². The van der Waals surface area contributed by atoms with Crippen molar-refractivity contribution in [3.05, 3.63) is 78.5 Å². The highest BCUT2D eigenvalue weighted by Crippen LogP contribution is 2.24. The summed E-state index contributed by atoms with van der Waals surface area (Å²) < 4.78 is 32.5. The maximum atomic E-state index is 13.0. The Kier molecular flexibility index (Phi) is 6.13. The predicted molar refractivity (Wildman–Crippen MR) is 112 cm³/mol. The summed E-state index contributed by atoms with van der Waals surface area (Å²) in [6.07, 6.45) is 1.53. The van der Waals surface area contributed by atoms with Crippen LogP contribution in [0.2, 0.25) is 0 Å². The number of ether oxygens (including phenoxy) is 1. The van der Waals surface area contributed by atoms with Gasteiger partial charge in [0, 0.05) is 18.4 Å². The molecule has 0 aliphatic carbocycles. The van der Waals surface area contributed by atoms with Crippen LogP contribution < -0.4 is 14.4 Å². The van der Waals surface area contributed by atoms with Crippen LogP contribution in [0.3, 0.4) is 0 Å². The average Bonchev–Trinajstić information content (AvgIpc) is 2.75. The van der Waals surface area contributed by atoms with Gasteiger partial charge in [-0.25, -0.2) is 13.4 Å². The lowest BCUT2D eigenvalue weighted by atomic mass is 10.2. The van der Waals surface area contributed by atoms with Gasteiger partial charge in [0.05, 0.1) is 17.7 Å². The molecule has 1 N–H and O–H groups in total. The first kappa shape index (κ1) is 20.3. The molecule has 0 spiro atoms. The summed E-state index contributed by atoms with van der Waals surface area (Å²) in [4.78, 5) is 16.6. The van der Waals surface area contributed by atoms with E-state index in [9.17, 15) is 13.2 Å². The molecule has 0 unspecified atom stereocenters. The second-order valence-corrected chi connectivity index (χ2v) is 7.91. The van der Waals surface area contributed by atoms with Gasteiger partial charge in [-0.05, 0) is 55.5 Å². The molecule has 0 aliphatic heterocycles. The first-order valence-corrected chi connectivity index (χ1v) is 10.4. The zero-order chi connectivity index (χ0) is 20.9. The fourth-order valence-corrected chi connectivity index (χ4v) is 4.32. The van der Waals surface area contributed by atoms with Gasteiger partial charge < -0.3 is 10.1 Å². The highest BCUT2D eigenvalue weighted by Gasteiger charge is 2.23. The van der Waals surface area contributed by atoms with Crippen molar-refractivity contribution in [1.82, 2.24) is 4.98 Å². The molecule has 0 saturated heterocycles. The lowest BCUT2D eigenvalue weighted by Gasteiger charge is -2.23. The second kappa shape index (κ2) is 8.74. The summed E-state index contributed by atoms with van der Waals surface area (Å²) in [5, 5.41) is 2.72. The Bertz CT molecular complexity index is 1080. The Morgan fingerprint density at radius 1 is 1.03 bits per heavy atom. The van der Waals surface area contributed by atoms with E-state index in [1.54, 1.807) is 55.5 Å². The number of sulfonamides is 1. The maximum absolute atomic E-state index is 13.0. The van der Waals surface area contributed by atoms with Crippen LogP contribution in [0.4, 0.5) is 11.4 Å². The molecule has 0 radical (unpaired) electrons. The van der Waals surface area contributed by atoms with Gasteiger partial charge in [-0.2, -0.15) is 0 Å². The number of methoxy groups -OCH3 is 1. The summed E-state index contributed by atoms with van der Waals surface area (Å²) in [6, 6.07) is 18.2. The fourth-order valence-electron chi connectivity index (χ4n) is 2.85. The molecule has 1 heterocycles. The predicted octanol–water partition coefficient (Wildman–Crippen LogP) is 3.56. The van der Waals surface area contributed by atoms with E-state index >= 15 is 0 Å². The highest BCUT2D eigenvalue weighted by atomic mass is 32.2. The second-order valence-electron chi connectivity index (χ2n) is 6.04. The van der Waals surface area contributed by atoms with Crippen LogP contribution in [0, 0.1) is 0 Å². The number of benzene rings is 2. The van der Waals surface area contributed by atoms with Crippen LogP contribution in [0.1, 0.15) is 17.3 Å². The Balaban J connectivity index is 1.81. The molecule has 0 aliphatic rings. The van der Waals surface area contributed by atoms with Gasteiger partial charge in [0.25, 0.3) is 15.9 Å². The molecule has 1 aromatic heterocycles. The van der Waals surface area contributed by atoms with Crippen LogP contribution in [0.25, 0.3) is 0 Å². The monoisotopic (exact) mass is 411 g/mol. The van der Waals surface area contributed by atoms with Gasteiger partial charge in [-0.3, -0.25) is 9.10 Å². The number of hydrogen-bond acceptors (Lipinski definition) is 5. The van der Waals surface area contributed by atoms with Crippen LogP contribution in [-0.2, 0) is 10.0 Å². The zero-order valence-electron chi connectivity index (χ0n) is 16.1. The highest BCUT2D eigenvalue weighted by molar-refractivity contribution is 7.92. The zero-order valence-corrected chi connectivity index (χ0v) is 16.9. The Morgan fingerprint density at radius 3 is 2.34 bits per heavy atom. The van der Waals surface area contributed by atoms with E-state index in [-0.39, 0.29) is 16.3 Å². The van der Waals surface area contributed by atoms with E-state index in [0.29, 0.717) is 17.9 Å². The number of rotatable bonds is 7. The summed E-state index contributed by atoms with van der Waals surface area (Å²) in [6.45, 7) is 2.08. The first-order chi connectivity index (χ1) is 14.0. The van der Waals surface area contributed by atoms with Gasteiger partial charge >= 0.3 is 0 Å². The van der Waals surface area contributed by atoms with Crippen molar-refractivity contribution in [2.24, 2.45) is 0 Å². The van der Waals surface area contributed by atoms with E-state index in [1.165, 1.54) is 29.7 Å². The largest absolute Gasteiger partial charge is 0.480 e. The van der Waals surface area contributed by atoms with Gasteiger partial charge in [-0.1, -0.05) is 18.2 Å². The van der Waals surface area contributed by atoms with Crippen molar-refractivity contribution in [3.63, 3.8) is 0 Å². The average molecular weight is 411 g/mol. The van der Waals surface area contributed by atoms with Gasteiger partial charge in [0.2, 0.25) is 5.88 Å². The smallest absolute Gasteiger partial charge is 0.264 e. The van der Waals surface area contributed by atoms with Crippen molar-refractivity contribution in [2.45, 2.75) is 11.8 Å². The Morgan fingerprint density at radius 2 is 1.72 bits per heavy atom.